The van der Waals surface area contributed by atoms with E-state index in [4.69, 9.17) is 23.2 Å². The maximum atomic E-state index is 6.23. The smallest absolute Gasteiger partial charge is 0.191 e. The van der Waals surface area contributed by atoms with Crippen molar-refractivity contribution < 1.29 is 0 Å². The van der Waals surface area contributed by atoms with Crippen LogP contribution in [0.25, 0.3) is 0 Å². The Labute approximate surface area is 138 Å². The molecule has 2 N–H and O–H groups in total. The van der Waals surface area contributed by atoms with Crippen LogP contribution in [0.4, 0.5) is 11.6 Å². The molecule has 21 heavy (non-hydrogen) atoms. The normalized spacial score (nSPS) is 12.0. The average molecular weight is 343 g/mol. The van der Waals surface area contributed by atoms with E-state index >= 15 is 0 Å². The van der Waals surface area contributed by atoms with Crippen LogP contribution in [0.5, 0.6) is 0 Å². The standard InChI is InChI=1S/C14H16Cl2N4S/c1-8(10-5-4-9(15)6-11(10)16)18-13-7-12(17-2)19-14(20-13)21-3/h4-8H,1-3H3,(H2,17,18,19,20). The molecule has 112 valence electrons. The van der Waals surface area contributed by atoms with Crippen LogP contribution in [0.2, 0.25) is 10.0 Å². The van der Waals surface area contributed by atoms with Gasteiger partial charge in [0.15, 0.2) is 5.16 Å². The number of thioether (sulfide) groups is 1. The zero-order valence-electron chi connectivity index (χ0n) is 11.9. The van der Waals surface area contributed by atoms with Crippen molar-refractivity contribution in [2.75, 3.05) is 23.9 Å². The predicted octanol–water partition coefficient (Wildman–Crippen LogP) is 4.72. The van der Waals surface area contributed by atoms with Gasteiger partial charge in [0.2, 0.25) is 0 Å². The fourth-order valence-corrected chi connectivity index (χ4v) is 2.82. The van der Waals surface area contributed by atoms with Crippen molar-refractivity contribution in [3.8, 4) is 0 Å². The van der Waals surface area contributed by atoms with Gasteiger partial charge in [-0.15, -0.1) is 0 Å². The summed E-state index contributed by atoms with van der Waals surface area (Å²) in [4.78, 5) is 8.78. The lowest BCUT2D eigenvalue weighted by molar-refractivity contribution is 0.857. The van der Waals surface area contributed by atoms with Crippen LogP contribution in [0, 0.1) is 0 Å². The summed E-state index contributed by atoms with van der Waals surface area (Å²) in [6, 6.07) is 7.35. The fraction of sp³-hybridized carbons (Fsp3) is 0.286. The molecular weight excluding hydrogens is 327 g/mol. The van der Waals surface area contributed by atoms with Crippen LogP contribution in [0.3, 0.4) is 0 Å². The Morgan fingerprint density at radius 3 is 2.48 bits per heavy atom. The highest BCUT2D eigenvalue weighted by atomic mass is 35.5. The summed E-state index contributed by atoms with van der Waals surface area (Å²) in [5, 5.41) is 8.33. The van der Waals surface area contributed by atoms with Crippen molar-refractivity contribution in [2.24, 2.45) is 0 Å². The largest absolute Gasteiger partial charge is 0.373 e. The molecule has 0 aliphatic heterocycles. The van der Waals surface area contributed by atoms with Crippen molar-refractivity contribution in [1.29, 1.82) is 0 Å². The molecule has 0 spiro atoms. The molecule has 0 aliphatic carbocycles. The molecule has 0 aliphatic rings. The minimum atomic E-state index is 0.00378. The molecule has 4 nitrogen and oxygen atoms in total. The molecule has 7 heteroatoms. The molecule has 2 rings (SSSR count). The van der Waals surface area contributed by atoms with Crippen molar-refractivity contribution in [1.82, 2.24) is 9.97 Å². The molecule has 0 bridgehead atoms. The minimum Gasteiger partial charge on any atom is -0.373 e. The van der Waals surface area contributed by atoms with Crippen LogP contribution in [-0.2, 0) is 0 Å². The van der Waals surface area contributed by atoms with E-state index in [2.05, 4.69) is 20.6 Å². The van der Waals surface area contributed by atoms with E-state index in [1.165, 1.54) is 11.8 Å². The van der Waals surface area contributed by atoms with Crippen molar-refractivity contribution in [3.63, 3.8) is 0 Å². The van der Waals surface area contributed by atoms with E-state index in [0.717, 1.165) is 17.2 Å². The summed E-state index contributed by atoms with van der Waals surface area (Å²) in [6.45, 7) is 2.02. The van der Waals surface area contributed by atoms with Gasteiger partial charge in [0, 0.05) is 23.2 Å². The summed E-state index contributed by atoms with van der Waals surface area (Å²) in [7, 11) is 1.83. The lowest BCUT2D eigenvalue weighted by Gasteiger charge is -2.17. The summed E-state index contributed by atoms with van der Waals surface area (Å²) < 4.78 is 0. The highest BCUT2D eigenvalue weighted by Gasteiger charge is 2.12. The first-order valence-corrected chi connectivity index (χ1v) is 8.34. The molecule has 1 aromatic heterocycles. The molecule has 1 unspecified atom stereocenters. The Morgan fingerprint density at radius 2 is 1.86 bits per heavy atom. The Hall–Kier alpha value is -1.17. The van der Waals surface area contributed by atoms with Gasteiger partial charge in [0.1, 0.15) is 11.6 Å². The third-order valence-corrected chi connectivity index (χ3v) is 4.05. The molecule has 0 saturated heterocycles. The Balaban J connectivity index is 2.24. The van der Waals surface area contributed by atoms with Crippen LogP contribution in [0.15, 0.2) is 29.4 Å². The molecule has 0 amide bonds. The average Bonchev–Trinajstić information content (AvgIpc) is 2.46. The summed E-state index contributed by atoms with van der Waals surface area (Å²) in [5.41, 5.74) is 0.969. The minimum absolute atomic E-state index is 0.00378. The topological polar surface area (TPSA) is 49.8 Å². The lowest BCUT2D eigenvalue weighted by atomic mass is 10.1. The molecule has 0 saturated carbocycles. The first-order valence-electron chi connectivity index (χ1n) is 6.35. The lowest BCUT2D eigenvalue weighted by Crippen LogP contribution is -2.10. The Bertz CT molecular complexity index is 614. The molecular formula is C14H16Cl2N4S. The van der Waals surface area contributed by atoms with Gasteiger partial charge in [-0.2, -0.15) is 0 Å². The van der Waals surface area contributed by atoms with E-state index in [1.54, 1.807) is 6.07 Å². The quantitative estimate of drug-likeness (QED) is 0.608. The monoisotopic (exact) mass is 342 g/mol. The van der Waals surface area contributed by atoms with E-state index in [0.29, 0.717) is 15.2 Å². The number of aromatic nitrogens is 2. The third kappa shape index (κ3) is 4.15. The molecule has 1 atom stereocenters. The van der Waals surface area contributed by atoms with Crippen LogP contribution >= 0.6 is 35.0 Å². The third-order valence-electron chi connectivity index (χ3n) is 2.94. The zero-order chi connectivity index (χ0) is 15.4. The van der Waals surface area contributed by atoms with Crippen LogP contribution < -0.4 is 10.6 Å². The summed E-state index contributed by atoms with van der Waals surface area (Å²) in [6.07, 6.45) is 1.94. The molecule has 1 aromatic carbocycles. The maximum Gasteiger partial charge on any atom is 0.191 e. The molecule has 0 radical (unpaired) electrons. The number of hydrogen-bond donors (Lipinski definition) is 2. The number of rotatable bonds is 5. The zero-order valence-corrected chi connectivity index (χ0v) is 14.3. The summed E-state index contributed by atoms with van der Waals surface area (Å²) in [5.74, 6) is 1.52. The fourth-order valence-electron chi connectivity index (χ4n) is 1.87. The number of nitrogens with one attached hydrogen (secondary N) is 2. The van der Waals surface area contributed by atoms with Crippen LogP contribution in [0.1, 0.15) is 18.5 Å². The van der Waals surface area contributed by atoms with Gasteiger partial charge in [0.05, 0.1) is 6.04 Å². The van der Waals surface area contributed by atoms with E-state index in [1.807, 2.05) is 38.4 Å². The number of hydrogen-bond acceptors (Lipinski definition) is 5. The second kappa shape index (κ2) is 7.20. The number of anilines is 2. The predicted molar refractivity (Wildman–Crippen MR) is 91.9 cm³/mol. The maximum absolute atomic E-state index is 6.23. The van der Waals surface area contributed by atoms with E-state index < -0.39 is 0 Å². The van der Waals surface area contributed by atoms with Gasteiger partial charge in [0.25, 0.3) is 0 Å². The van der Waals surface area contributed by atoms with Gasteiger partial charge >= 0.3 is 0 Å². The van der Waals surface area contributed by atoms with E-state index in [9.17, 15) is 0 Å². The second-order valence-corrected chi connectivity index (χ2v) is 6.02. The van der Waals surface area contributed by atoms with Gasteiger partial charge in [-0.3, -0.25) is 0 Å². The number of nitrogens with zero attached hydrogens (tertiary/aromatic N) is 2. The first kappa shape index (κ1) is 16.2. The Kier molecular flexibility index (Phi) is 5.56. The second-order valence-electron chi connectivity index (χ2n) is 4.41. The van der Waals surface area contributed by atoms with Gasteiger partial charge < -0.3 is 10.6 Å². The molecule has 2 aromatic rings. The van der Waals surface area contributed by atoms with Gasteiger partial charge in [-0.25, -0.2) is 9.97 Å². The van der Waals surface area contributed by atoms with Gasteiger partial charge in [-0.05, 0) is 30.9 Å². The van der Waals surface area contributed by atoms with E-state index in [-0.39, 0.29) is 6.04 Å². The van der Waals surface area contributed by atoms with Crippen molar-refractivity contribution >= 4 is 46.6 Å². The van der Waals surface area contributed by atoms with Gasteiger partial charge in [-0.1, -0.05) is 41.0 Å². The van der Waals surface area contributed by atoms with Crippen molar-refractivity contribution in [3.05, 3.63) is 39.9 Å². The highest BCUT2D eigenvalue weighted by molar-refractivity contribution is 7.98. The summed E-state index contributed by atoms with van der Waals surface area (Å²) >= 11 is 13.7. The number of benzene rings is 1. The number of halogens is 2. The first-order chi connectivity index (χ1) is 10.0. The SMILES string of the molecule is CNc1cc(NC(C)c2ccc(Cl)cc2Cl)nc(SC)n1. The Morgan fingerprint density at radius 1 is 1.14 bits per heavy atom. The van der Waals surface area contributed by atoms with Crippen LogP contribution in [-0.4, -0.2) is 23.3 Å². The highest BCUT2D eigenvalue weighted by Crippen LogP contribution is 2.28. The molecule has 1 heterocycles. The van der Waals surface area contributed by atoms with Crippen molar-refractivity contribution in [2.45, 2.75) is 18.1 Å². The molecule has 0 fully saturated rings.